The summed E-state index contributed by atoms with van der Waals surface area (Å²) < 4.78 is 2.31. The van der Waals surface area contributed by atoms with Crippen LogP contribution in [0.2, 0.25) is 0 Å². The van der Waals surface area contributed by atoms with Crippen LogP contribution < -0.4 is 11.2 Å². The Balaban J connectivity index is 2.36. The lowest BCUT2D eigenvalue weighted by Crippen LogP contribution is -2.39. The van der Waals surface area contributed by atoms with Crippen LogP contribution >= 0.6 is 0 Å². The fraction of sp³-hybridized carbons (Fsp3) is 0.125. The Morgan fingerprint density at radius 2 is 1.87 bits per heavy atom. The van der Waals surface area contributed by atoms with Crippen molar-refractivity contribution in [2.75, 3.05) is 0 Å². The summed E-state index contributed by atoms with van der Waals surface area (Å²) in [6, 6.07) is 7.81. The molecule has 0 spiro atoms. The van der Waals surface area contributed by atoms with Gasteiger partial charge in [0, 0.05) is 19.4 Å². The zero-order chi connectivity index (χ0) is 16.6. The molecule has 0 bridgehead atoms. The number of benzene rings is 1. The summed E-state index contributed by atoms with van der Waals surface area (Å²) in [5, 5.41) is 9.33. The number of fused-ring (bicyclic) bond motifs is 1. The molecule has 0 amide bonds. The average Bonchev–Trinajstić information content (AvgIpc) is 2.57. The summed E-state index contributed by atoms with van der Waals surface area (Å²) >= 11 is 0. The van der Waals surface area contributed by atoms with Gasteiger partial charge in [0.1, 0.15) is 0 Å². The molecule has 1 N–H and O–H groups in total. The molecular formula is C16H13N3O4. The lowest BCUT2D eigenvalue weighted by Gasteiger charge is -2.12. The van der Waals surface area contributed by atoms with Crippen molar-refractivity contribution in [3.8, 4) is 0 Å². The van der Waals surface area contributed by atoms with Gasteiger partial charge in [-0.25, -0.2) is 9.59 Å². The Kier molecular flexibility index (Phi) is 3.53. The number of nitrogens with zero attached hydrogens (tertiary/aromatic N) is 3. The monoisotopic (exact) mass is 311 g/mol. The molecule has 0 saturated carbocycles. The van der Waals surface area contributed by atoms with Gasteiger partial charge >= 0.3 is 11.7 Å². The Bertz CT molecular complexity index is 1020. The summed E-state index contributed by atoms with van der Waals surface area (Å²) in [7, 11) is 1.51. The van der Waals surface area contributed by atoms with Crippen LogP contribution in [0.25, 0.3) is 10.9 Å². The lowest BCUT2D eigenvalue weighted by molar-refractivity contribution is 0.0699. The van der Waals surface area contributed by atoms with E-state index in [0.717, 1.165) is 10.1 Å². The Labute approximate surface area is 130 Å². The molecule has 0 radical (unpaired) electrons. The van der Waals surface area contributed by atoms with E-state index in [2.05, 4.69) is 4.98 Å². The molecule has 1 aromatic carbocycles. The van der Waals surface area contributed by atoms with E-state index in [1.54, 1.807) is 30.6 Å². The second-order valence-corrected chi connectivity index (χ2v) is 5.09. The number of rotatable bonds is 3. The molecule has 7 heteroatoms. The second-order valence-electron chi connectivity index (χ2n) is 5.09. The number of carboxylic acids is 1. The van der Waals surface area contributed by atoms with Gasteiger partial charge < -0.3 is 5.11 Å². The fourth-order valence-corrected chi connectivity index (χ4v) is 2.54. The molecule has 0 aliphatic carbocycles. The van der Waals surface area contributed by atoms with E-state index in [-0.39, 0.29) is 17.5 Å². The van der Waals surface area contributed by atoms with Gasteiger partial charge in [-0.3, -0.25) is 18.9 Å². The van der Waals surface area contributed by atoms with Crippen molar-refractivity contribution in [1.82, 2.24) is 14.1 Å². The third kappa shape index (κ3) is 2.42. The molecule has 116 valence electrons. The highest BCUT2D eigenvalue weighted by molar-refractivity contribution is 6.02. The summed E-state index contributed by atoms with van der Waals surface area (Å²) in [5.74, 6) is -1.21. The van der Waals surface area contributed by atoms with E-state index in [1.165, 1.54) is 23.7 Å². The quantitative estimate of drug-likeness (QED) is 0.773. The minimum Gasteiger partial charge on any atom is -0.478 e. The number of pyridine rings is 1. The molecule has 0 aliphatic rings. The van der Waals surface area contributed by atoms with E-state index in [1.807, 2.05) is 0 Å². The molecule has 2 heterocycles. The number of carbonyl (C=O) groups is 1. The smallest absolute Gasteiger partial charge is 0.336 e. The molecule has 3 rings (SSSR count). The van der Waals surface area contributed by atoms with Crippen LogP contribution in [0, 0.1) is 0 Å². The zero-order valence-electron chi connectivity index (χ0n) is 12.3. The third-order valence-electron chi connectivity index (χ3n) is 3.70. The van der Waals surface area contributed by atoms with Crippen molar-refractivity contribution < 1.29 is 9.90 Å². The van der Waals surface area contributed by atoms with Crippen LogP contribution in [0.15, 0.2) is 52.3 Å². The Hall–Kier alpha value is -3.22. The number of hydrogen-bond donors (Lipinski definition) is 1. The number of aromatic nitrogens is 3. The molecule has 7 nitrogen and oxygen atoms in total. The minimum atomic E-state index is -1.21. The predicted octanol–water partition coefficient (Wildman–Crippen LogP) is 0.842. The highest BCUT2D eigenvalue weighted by Crippen LogP contribution is 2.13. The maximum atomic E-state index is 12.7. The highest BCUT2D eigenvalue weighted by atomic mass is 16.4. The van der Waals surface area contributed by atoms with Crippen molar-refractivity contribution >= 4 is 16.9 Å². The molecule has 0 saturated heterocycles. The average molecular weight is 311 g/mol. The number of aromatic carboxylic acids is 1. The van der Waals surface area contributed by atoms with Crippen LogP contribution in [0.3, 0.4) is 0 Å². The van der Waals surface area contributed by atoms with Gasteiger partial charge in [0.05, 0.1) is 23.0 Å². The molecule has 3 aromatic rings. The summed E-state index contributed by atoms with van der Waals surface area (Å²) in [4.78, 5) is 40.4. The van der Waals surface area contributed by atoms with Gasteiger partial charge in [-0.15, -0.1) is 0 Å². The first-order valence-corrected chi connectivity index (χ1v) is 6.85. The fourth-order valence-electron chi connectivity index (χ4n) is 2.54. The Morgan fingerprint density at radius 1 is 1.17 bits per heavy atom. The van der Waals surface area contributed by atoms with E-state index < -0.39 is 17.2 Å². The molecule has 0 atom stereocenters. The van der Waals surface area contributed by atoms with Gasteiger partial charge in [0.2, 0.25) is 0 Å². The first kappa shape index (κ1) is 14.7. The standard InChI is InChI=1S/C16H13N3O4/c1-18-12-4-2-3-11(15(21)22)13(12)14(20)19(16(18)23)9-10-5-7-17-8-6-10/h2-8H,9H2,1H3,(H,21,22). The van der Waals surface area contributed by atoms with Crippen molar-refractivity contribution in [3.63, 3.8) is 0 Å². The minimum absolute atomic E-state index is 0.0242. The molecule has 0 aliphatic heterocycles. The van der Waals surface area contributed by atoms with Crippen molar-refractivity contribution in [1.29, 1.82) is 0 Å². The maximum Gasteiger partial charge on any atom is 0.336 e. The van der Waals surface area contributed by atoms with E-state index in [4.69, 9.17) is 0 Å². The van der Waals surface area contributed by atoms with Crippen molar-refractivity contribution in [2.24, 2.45) is 7.05 Å². The highest BCUT2D eigenvalue weighted by Gasteiger charge is 2.17. The number of aryl methyl sites for hydroxylation is 1. The molecule has 0 unspecified atom stereocenters. The van der Waals surface area contributed by atoms with Crippen LogP contribution in [0.4, 0.5) is 0 Å². The van der Waals surface area contributed by atoms with E-state index in [0.29, 0.717) is 5.52 Å². The predicted molar refractivity (Wildman–Crippen MR) is 83.7 cm³/mol. The van der Waals surface area contributed by atoms with Gasteiger partial charge in [-0.2, -0.15) is 0 Å². The summed E-state index contributed by atoms with van der Waals surface area (Å²) in [6.45, 7) is 0.0535. The van der Waals surface area contributed by atoms with Crippen LogP contribution in [-0.2, 0) is 13.6 Å². The molecule has 2 aromatic heterocycles. The molecule has 0 fully saturated rings. The van der Waals surface area contributed by atoms with Gasteiger partial charge in [-0.1, -0.05) is 6.07 Å². The van der Waals surface area contributed by atoms with Crippen LogP contribution in [0.5, 0.6) is 0 Å². The zero-order valence-corrected chi connectivity index (χ0v) is 12.3. The summed E-state index contributed by atoms with van der Waals surface area (Å²) in [5.41, 5.74) is -0.205. The maximum absolute atomic E-state index is 12.7. The van der Waals surface area contributed by atoms with Crippen molar-refractivity contribution in [3.05, 3.63) is 74.7 Å². The SMILES string of the molecule is Cn1c(=O)n(Cc2ccncc2)c(=O)c2c(C(=O)O)cccc21. The van der Waals surface area contributed by atoms with Gasteiger partial charge in [-0.05, 0) is 29.8 Å². The first-order chi connectivity index (χ1) is 11.0. The van der Waals surface area contributed by atoms with Crippen LogP contribution in [0.1, 0.15) is 15.9 Å². The first-order valence-electron chi connectivity index (χ1n) is 6.85. The normalized spacial score (nSPS) is 10.8. The number of carboxylic acid groups (broad SMARTS) is 1. The van der Waals surface area contributed by atoms with Gasteiger partial charge in [0.25, 0.3) is 5.56 Å². The summed E-state index contributed by atoms with van der Waals surface area (Å²) in [6.07, 6.45) is 3.13. The van der Waals surface area contributed by atoms with E-state index in [9.17, 15) is 19.5 Å². The largest absolute Gasteiger partial charge is 0.478 e. The topological polar surface area (TPSA) is 94.2 Å². The third-order valence-corrected chi connectivity index (χ3v) is 3.70. The number of hydrogen-bond acceptors (Lipinski definition) is 4. The molecule has 23 heavy (non-hydrogen) atoms. The van der Waals surface area contributed by atoms with Crippen LogP contribution in [-0.4, -0.2) is 25.2 Å². The lowest BCUT2D eigenvalue weighted by atomic mass is 10.1. The van der Waals surface area contributed by atoms with Crippen molar-refractivity contribution in [2.45, 2.75) is 6.54 Å². The second kappa shape index (κ2) is 5.53. The van der Waals surface area contributed by atoms with E-state index >= 15 is 0 Å². The Morgan fingerprint density at radius 3 is 2.52 bits per heavy atom. The molecular weight excluding hydrogens is 298 g/mol. The van der Waals surface area contributed by atoms with Gasteiger partial charge in [0.15, 0.2) is 0 Å².